The molecule has 3 aromatic rings. The third-order valence-corrected chi connectivity index (χ3v) is 4.22. The van der Waals surface area contributed by atoms with Gasteiger partial charge in [0, 0.05) is 23.4 Å². The maximum atomic E-state index is 10.1. The molecular weight excluding hydrogens is 360 g/mol. The number of anilines is 1. The molecule has 1 atom stereocenters. The Morgan fingerprint density at radius 2 is 1.71 bits per heavy atom. The molecule has 3 N–H and O–H groups in total. The molecular formula is C21H23N2O5. The Morgan fingerprint density at radius 1 is 1.11 bits per heavy atom. The minimum Gasteiger partial charge on any atom is -0.502 e. The van der Waals surface area contributed by atoms with E-state index in [1.807, 2.05) is 31.2 Å². The zero-order valence-electron chi connectivity index (χ0n) is 16.0. The molecule has 2 aromatic carbocycles. The summed E-state index contributed by atoms with van der Waals surface area (Å²) in [5.74, 6) is 1.53. The van der Waals surface area contributed by atoms with Gasteiger partial charge in [0.1, 0.15) is 11.5 Å². The first-order valence-electron chi connectivity index (χ1n) is 8.71. The number of oxazole rings is 1. The molecule has 1 aromatic heterocycles. The maximum absolute atomic E-state index is 10.1. The van der Waals surface area contributed by atoms with Crippen LogP contribution in [0.5, 0.6) is 17.2 Å². The van der Waals surface area contributed by atoms with Crippen molar-refractivity contribution in [2.75, 3.05) is 26.1 Å². The van der Waals surface area contributed by atoms with Crippen LogP contribution >= 0.6 is 0 Å². The van der Waals surface area contributed by atoms with Crippen molar-refractivity contribution in [3.8, 4) is 40.0 Å². The van der Waals surface area contributed by atoms with Gasteiger partial charge >= 0.3 is 0 Å². The van der Waals surface area contributed by atoms with Gasteiger partial charge < -0.3 is 29.4 Å². The first-order valence-corrected chi connectivity index (χ1v) is 8.71. The van der Waals surface area contributed by atoms with Gasteiger partial charge in [-0.3, -0.25) is 0 Å². The van der Waals surface area contributed by atoms with E-state index < -0.39 is 6.10 Å². The van der Waals surface area contributed by atoms with E-state index in [4.69, 9.17) is 13.9 Å². The topological polar surface area (TPSA) is 97.0 Å². The van der Waals surface area contributed by atoms with Crippen molar-refractivity contribution in [1.29, 1.82) is 0 Å². The number of aromatic nitrogens is 1. The molecule has 1 unspecified atom stereocenters. The molecule has 3 rings (SSSR count). The summed E-state index contributed by atoms with van der Waals surface area (Å²) in [7, 11) is 2.93. The lowest BCUT2D eigenvalue weighted by Crippen LogP contribution is -2.15. The highest BCUT2D eigenvalue weighted by molar-refractivity contribution is 5.70. The molecule has 7 heteroatoms. The van der Waals surface area contributed by atoms with Crippen molar-refractivity contribution in [2.45, 2.75) is 13.0 Å². The SMILES string of the molecule is [CH2]C(O)CNc1ccc(-c2nc(-c3cc(OC)c(O)c(OC)c3)oc2C)cc1. The van der Waals surface area contributed by atoms with Crippen molar-refractivity contribution < 1.29 is 24.1 Å². The van der Waals surface area contributed by atoms with E-state index in [-0.39, 0.29) is 17.2 Å². The molecule has 1 heterocycles. The number of nitrogens with zero attached hydrogens (tertiary/aromatic N) is 1. The minimum absolute atomic E-state index is 0.0762. The molecule has 0 amide bonds. The molecule has 0 fully saturated rings. The molecule has 7 nitrogen and oxygen atoms in total. The highest BCUT2D eigenvalue weighted by Crippen LogP contribution is 2.41. The summed E-state index contributed by atoms with van der Waals surface area (Å²) >= 11 is 0. The molecule has 0 aliphatic carbocycles. The van der Waals surface area contributed by atoms with Crippen LogP contribution in [0.25, 0.3) is 22.7 Å². The Morgan fingerprint density at radius 3 is 2.25 bits per heavy atom. The minimum atomic E-state index is -0.667. The first-order chi connectivity index (χ1) is 13.4. The number of ether oxygens (including phenoxy) is 2. The van der Waals surface area contributed by atoms with Crippen LogP contribution in [0.4, 0.5) is 5.69 Å². The Bertz CT molecular complexity index is 923. The van der Waals surface area contributed by atoms with Gasteiger partial charge in [-0.1, -0.05) is 12.1 Å². The predicted octanol–water partition coefficient (Wildman–Crippen LogP) is 3.65. The molecule has 0 saturated heterocycles. The predicted molar refractivity (Wildman–Crippen MR) is 107 cm³/mol. The number of rotatable bonds is 7. The monoisotopic (exact) mass is 383 g/mol. The molecule has 0 saturated carbocycles. The van der Waals surface area contributed by atoms with Crippen LogP contribution in [0.15, 0.2) is 40.8 Å². The first kappa shape index (κ1) is 19.6. The summed E-state index contributed by atoms with van der Waals surface area (Å²) in [6.07, 6.45) is -0.667. The van der Waals surface area contributed by atoms with Crippen molar-refractivity contribution >= 4 is 5.69 Å². The van der Waals surface area contributed by atoms with Crippen molar-refractivity contribution in [3.05, 3.63) is 49.1 Å². The van der Waals surface area contributed by atoms with Gasteiger partial charge in [-0.25, -0.2) is 4.98 Å². The van der Waals surface area contributed by atoms with Gasteiger partial charge in [0.25, 0.3) is 0 Å². The summed E-state index contributed by atoms with van der Waals surface area (Å²) in [4.78, 5) is 4.60. The summed E-state index contributed by atoms with van der Waals surface area (Å²) in [6, 6.07) is 10.9. The normalized spacial score (nSPS) is 11.9. The summed E-state index contributed by atoms with van der Waals surface area (Å²) in [5.41, 5.74) is 3.11. The molecule has 0 aliphatic rings. The van der Waals surface area contributed by atoms with Gasteiger partial charge in [-0.2, -0.15) is 0 Å². The van der Waals surface area contributed by atoms with Crippen LogP contribution in [-0.4, -0.2) is 42.1 Å². The van der Waals surface area contributed by atoms with Crippen LogP contribution in [0, 0.1) is 13.8 Å². The van der Waals surface area contributed by atoms with Crippen LogP contribution in [-0.2, 0) is 0 Å². The lowest BCUT2D eigenvalue weighted by Gasteiger charge is -2.09. The molecule has 147 valence electrons. The largest absolute Gasteiger partial charge is 0.502 e. The van der Waals surface area contributed by atoms with Gasteiger partial charge in [0.2, 0.25) is 11.6 Å². The van der Waals surface area contributed by atoms with E-state index in [1.165, 1.54) is 14.2 Å². The second kappa shape index (κ2) is 8.22. The number of benzene rings is 2. The van der Waals surface area contributed by atoms with E-state index in [9.17, 15) is 10.2 Å². The molecule has 0 spiro atoms. The lowest BCUT2D eigenvalue weighted by molar-refractivity contribution is 0.234. The fourth-order valence-corrected chi connectivity index (χ4v) is 2.79. The number of nitrogens with one attached hydrogen (secondary N) is 1. The fraction of sp³-hybridized carbons (Fsp3) is 0.238. The van der Waals surface area contributed by atoms with E-state index in [0.29, 0.717) is 29.5 Å². The number of hydrogen-bond acceptors (Lipinski definition) is 7. The van der Waals surface area contributed by atoms with Gasteiger partial charge in [0.05, 0.1) is 20.3 Å². The number of methoxy groups -OCH3 is 2. The van der Waals surface area contributed by atoms with Crippen molar-refractivity contribution in [2.24, 2.45) is 0 Å². The lowest BCUT2D eigenvalue weighted by atomic mass is 10.1. The average Bonchev–Trinajstić information content (AvgIpc) is 3.08. The quantitative estimate of drug-likeness (QED) is 0.573. The summed E-state index contributed by atoms with van der Waals surface area (Å²) < 4.78 is 16.2. The number of phenols is 1. The van der Waals surface area contributed by atoms with Gasteiger partial charge in [-0.05, 0) is 38.1 Å². The number of hydrogen-bond donors (Lipinski definition) is 3. The van der Waals surface area contributed by atoms with Crippen LogP contribution in [0.2, 0.25) is 0 Å². The highest BCUT2D eigenvalue weighted by atomic mass is 16.5. The average molecular weight is 383 g/mol. The zero-order valence-corrected chi connectivity index (χ0v) is 16.0. The van der Waals surface area contributed by atoms with Gasteiger partial charge in [-0.15, -0.1) is 0 Å². The van der Waals surface area contributed by atoms with Crippen LogP contribution in [0.3, 0.4) is 0 Å². The highest BCUT2D eigenvalue weighted by Gasteiger charge is 2.18. The Balaban J connectivity index is 1.91. The third-order valence-electron chi connectivity index (χ3n) is 4.22. The summed E-state index contributed by atoms with van der Waals surface area (Å²) in [5, 5.41) is 22.4. The molecule has 0 bridgehead atoms. The second-order valence-corrected chi connectivity index (χ2v) is 6.27. The number of aliphatic hydroxyl groups is 1. The number of aryl methyl sites for hydroxylation is 1. The van der Waals surface area contributed by atoms with Crippen molar-refractivity contribution in [1.82, 2.24) is 4.98 Å². The van der Waals surface area contributed by atoms with Crippen molar-refractivity contribution in [3.63, 3.8) is 0 Å². The number of phenolic OH excluding ortho intramolecular Hbond substituents is 1. The van der Waals surface area contributed by atoms with E-state index in [1.54, 1.807) is 12.1 Å². The van der Waals surface area contributed by atoms with Gasteiger partial charge in [0.15, 0.2) is 11.5 Å². The Labute approximate surface area is 163 Å². The zero-order chi connectivity index (χ0) is 20.3. The fourth-order valence-electron chi connectivity index (χ4n) is 2.79. The smallest absolute Gasteiger partial charge is 0.227 e. The third kappa shape index (κ3) is 4.04. The Kier molecular flexibility index (Phi) is 5.75. The molecule has 1 radical (unpaired) electrons. The van der Waals surface area contributed by atoms with Crippen LogP contribution < -0.4 is 14.8 Å². The molecule has 28 heavy (non-hydrogen) atoms. The Hall–Kier alpha value is -3.19. The van der Waals surface area contributed by atoms with Crippen LogP contribution in [0.1, 0.15) is 5.76 Å². The van der Waals surface area contributed by atoms with E-state index >= 15 is 0 Å². The molecule has 0 aliphatic heterocycles. The standard InChI is InChI=1S/C21H23N2O5/c1-12(24)11-22-16-7-5-14(6-8-16)19-13(2)28-21(23-19)15-9-17(26-3)20(25)18(10-15)27-4/h5-10,12,22,24-25H,1,11H2,2-4H3. The van der Waals surface area contributed by atoms with E-state index in [2.05, 4.69) is 17.2 Å². The van der Waals surface area contributed by atoms with E-state index in [0.717, 1.165) is 11.3 Å². The maximum Gasteiger partial charge on any atom is 0.227 e. The number of aromatic hydroxyl groups is 1. The second-order valence-electron chi connectivity index (χ2n) is 6.27. The number of aliphatic hydroxyl groups excluding tert-OH is 1. The summed E-state index contributed by atoms with van der Waals surface area (Å²) in [6.45, 7) is 5.74.